The summed E-state index contributed by atoms with van der Waals surface area (Å²) in [5.74, 6) is 0. The van der Waals surface area contributed by atoms with Gasteiger partial charge in [-0.1, -0.05) is 0 Å². The molecule has 0 aliphatic rings. The third-order valence-electron chi connectivity index (χ3n) is 1.74. The monoisotopic (exact) mass is 193 g/mol. The van der Waals surface area contributed by atoms with E-state index in [1.165, 1.54) is 12.5 Å². The molecule has 0 spiro atoms. The fourth-order valence-corrected chi connectivity index (χ4v) is 0.921. The predicted molar refractivity (Wildman–Crippen MR) is 52.3 cm³/mol. The van der Waals surface area contributed by atoms with E-state index in [1.807, 2.05) is 0 Å². The van der Waals surface area contributed by atoms with E-state index < -0.39 is 0 Å². The fraction of sp³-hybridized carbons (Fsp3) is 0. The van der Waals surface area contributed by atoms with E-state index in [0.29, 0.717) is 11.8 Å². The summed E-state index contributed by atoms with van der Waals surface area (Å²) in [4.78, 5) is 10.5. The maximum absolute atomic E-state index is 10.5. The van der Waals surface area contributed by atoms with Crippen LogP contribution in [0.4, 0.5) is 0 Å². The van der Waals surface area contributed by atoms with Crippen LogP contribution in [0.25, 0.3) is 5.70 Å². The summed E-state index contributed by atoms with van der Waals surface area (Å²) in [6, 6.07) is 1.64. The van der Waals surface area contributed by atoms with Crippen molar-refractivity contribution >= 4 is 12.0 Å². The molecule has 1 heterocycles. The Bertz CT molecular complexity index is 377. The number of aldehydes is 1. The minimum atomic E-state index is 0.143. The maximum atomic E-state index is 10.5. The smallest absolute Gasteiger partial charge is 0.153 e. The van der Waals surface area contributed by atoms with Crippen molar-refractivity contribution in [3.8, 4) is 0 Å². The summed E-state index contributed by atoms with van der Waals surface area (Å²) in [6.45, 7) is 0. The van der Waals surface area contributed by atoms with Crippen molar-refractivity contribution in [2.75, 3.05) is 0 Å². The van der Waals surface area contributed by atoms with Crippen LogP contribution in [0.15, 0.2) is 40.5 Å². The average molecular weight is 193 g/mol. The molecule has 1 aromatic heterocycles. The molecular weight excluding hydrogens is 182 g/mol. The first-order valence-electron chi connectivity index (χ1n) is 3.86. The standard InChI is InChI=1S/C9H11N3O2/c10-3-7(4-13)9(12)8(11)6-1-2-14-5-6/h1-5H,10-12H2/b7-3-,9-8+. The van der Waals surface area contributed by atoms with E-state index >= 15 is 0 Å². The van der Waals surface area contributed by atoms with Gasteiger partial charge in [-0.05, 0) is 6.07 Å². The van der Waals surface area contributed by atoms with Gasteiger partial charge in [0.15, 0.2) is 6.29 Å². The highest BCUT2D eigenvalue weighted by Gasteiger charge is 2.07. The molecule has 1 rings (SSSR count). The number of carbonyl (C=O) groups excluding carboxylic acids is 1. The molecule has 0 radical (unpaired) electrons. The zero-order valence-electron chi connectivity index (χ0n) is 7.44. The van der Waals surface area contributed by atoms with E-state index in [9.17, 15) is 4.79 Å². The largest absolute Gasteiger partial charge is 0.472 e. The number of furan rings is 1. The number of carbonyl (C=O) groups is 1. The first-order chi connectivity index (χ1) is 6.70. The van der Waals surface area contributed by atoms with Crippen molar-refractivity contribution in [1.29, 1.82) is 0 Å². The second kappa shape index (κ2) is 4.18. The van der Waals surface area contributed by atoms with Gasteiger partial charge in [-0.3, -0.25) is 4.79 Å². The molecule has 0 aromatic carbocycles. The van der Waals surface area contributed by atoms with Crippen LogP contribution < -0.4 is 17.2 Å². The van der Waals surface area contributed by atoms with Gasteiger partial charge in [-0.15, -0.1) is 0 Å². The first-order valence-corrected chi connectivity index (χ1v) is 3.86. The minimum Gasteiger partial charge on any atom is -0.472 e. The summed E-state index contributed by atoms with van der Waals surface area (Å²) in [5, 5.41) is 0. The Morgan fingerprint density at radius 2 is 2.14 bits per heavy atom. The lowest BCUT2D eigenvalue weighted by Crippen LogP contribution is -2.12. The first kappa shape index (κ1) is 9.91. The van der Waals surface area contributed by atoms with Crippen molar-refractivity contribution in [3.05, 3.63) is 41.6 Å². The van der Waals surface area contributed by atoms with Crippen LogP contribution in [0.2, 0.25) is 0 Å². The van der Waals surface area contributed by atoms with Crippen LogP contribution in [-0.4, -0.2) is 6.29 Å². The molecule has 0 bridgehead atoms. The summed E-state index contributed by atoms with van der Waals surface area (Å²) in [6.07, 6.45) is 4.54. The predicted octanol–water partition coefficient (Wildman–Crippen LogP) is -0.0929. The van der Waals surface area contributed by atoms with Crippen LogP contribution in [0, 0.1) is 0 Å². The zero-order valence-corrected chi connectivity index (χ0v) is 7.44. The third-order valence-corrected chi connectivity index (χ3v) is 1.74. The Hall–Kier alpha value is -2.17. The van der Waals surface area contributed by atoms with Crippen LogP contribution >= 0.6 is 0 Å². The quantitative estimate of drug-likeness (QED) is 0.353. The van der Waals surface area contributed by atoms with Crippen LogP contribution in [0.1, 0.15) is 5.56 Å². The lowest BCUT2D eigenvalue weighted by molar-refractivity contribution is -0.104. The van der Waals surface area contributed by atoms with E-state index in [2.05, 4.69) is 0 Å². The topological polar surface area (TPSA) is 108 Å². The highest BCUT2D eigenvalue weighted by Crippen LogP contribution is 2.14. The molecule has 5 heteroatoms. The Balaban J connectivity index is 3.11. The number of nitrogens with two attached hydrogens (primary N) is 3. The lowest BCUT2D eigenvalue weighted by atomic mass is 10.1. The normalized spacial score (nSPS) is 13.6. The van der Waals surface area contributed by atoms with Crippen LogP contribution in [0.5, 0.6) is 0 Å². The average Bonchev–Trinajstić information content (AvgIpc) is 2.71. The molecule has 0 aliphatic heterocycles. The van der Waals surface area contributed by atoms with Crippen molar-refractivity contribution in [3.63, 3.8) is 0 Å². The van der Waals surface area contributed by atoms with E-state index in [-0.39, 0.29) is 17.0 Å². The SMILES string of the molecule is N/C=C(C=O)\C(N)=C(/N)c1ccoc1. The molecule has 1 aromatic rings. The van der Waals surface area contributed by atoms with Gasteiger partial charge in [0.05, 0.1) is 29.5 Å². The van der Waals surface area contributed by atoms with Gasteiger partial charge in [-0.25, -0.2) is 0 Å². The van der Waals surface area contributed by atoms with Crippen LogP contribution in [-0.2, 0) is 4.79 Å². The molecule has 74 valence electrons. The van der Waals surface area contributed by atoms with Crippen LogP contribution in [0.3, 0.4) is 0 Å². The zero-order chi connectivity index (χ0) is 10.6. The molecule has 5 nitrogen and oxygen atoms in total. The third kappa shape index (κ3) is 1.77. The number of allylic oxidation sites excluding steroid dienone is 1. The molecule has 14 heavy (non-hydrogen) atoms. The molecule has 0 fully saturated rings. The number of rotatable bonds is 3. The van der Waals surface area contributed by atoms with Gasteiger partial charge in [-0.2, -0.15) is 0 Å². The van der Waals surface area contributed by atoms with Crippen molar-refractivity contribution in [2.45, 2.75) is 0 Å². The van der Waals surface area contributed by atoms with E-state index in [1.54, 1.807) is 6.07 Å². The minimum absolute atomic E-state index is 0.143. The van der Waals surface area contributed by atoms with Gasteiger partial charge in [0.1, 0.15) is 0 Å². The Kier molecular flexibility index (Phi) is 2.96. The molecule has 0 saturated heterocycles. The lowest BCUT2D eigenvalue weighted by Gasteiger charge is -2.03. The molecular formula is C9H11N3O2. The number of hydrogen-bond acceptors (Lipinski definition) is 5. The van der Waals surface area contributed by atoms with Crippen molar-refractivity contribution < 1.29 is 9.21 Å². The number of hydrogen-bond donors (Lipinski definition) is 3. The Morgan fingerprint density at radius 1 is 1.43 bits per heavy atom. The fourth-order valence-electron chi connectivity index (χ4n) is 0.921. The summed E-state index contributed by atoms with van der Waals surface area (Å²) in [7, 11) is 0. The summed E-state index contributed by atoms with van der Waals surface area (Å²) < 4.78 is 4.82. The summed E-state index contributed by atoms with van der Waals surface area (Å²) in [5.41, 5.74) is 17.6. The van der Waals surface area contributed by atoms with Crippen molar-refractivity contribution in [1.82, 2.24) is 0 Å². The molecule has 6 N–H and O–H groups in total. The second-order valence-corrected chi connectivity index (χ2v) is 2.58. The summed E-state index contributed by atoms with van der Waals surface area (Å²) >= 11 is 0. The van der Waals surface area contributed by atoms with Crippen molar-refractivity contribution in [2.24, 2.45) is 17.2 Å². The van der Waals surface area contributed by atoms with E-state index in [0.717, 1.165) is 6.20 Å². The van der Waals surface area contributed by atoms with Gasteiger partial charge < -0.3 is 21.6 Å². The maximum Gasteiger partial charge on any atom is 0.153 e. The molecule has 0 unspecified atom stereocenters. The molecule has 0 atom stereocenters. The van der Waals surface area contributed by atoms with Gasteiger partial charge in [0.25, 0.3) is 0 Å². The molecule has 0 amide bonds. The molecule has 0 saturated carbocycles. The van der Waals surface area contributed by atoms with Gasteiger partial charge in [0.2, 0.25) is 0 Å². The highest BCUT2D eigenvalue weighted by atomic mass is 16.3. The Labute approximate surface area is 80.9 Å². The Morgan fingerprint density at radius 3 is 2.57 bits per heavy atom. The highest BCUT2D eigenvalue weighted by molar-refractivity contribution is 5.85. The molecule has 0 aliphatic carbocycles. The van der Waals surface area contributed by atoms with Gasteiger partial charge in [0, 0.05) is 11.8 Å². The second-order valence-electron chi connectivity index (χ2n) is 2.58. The van der Waals surface area contributed by atoms with E-state index in [4.69, 9.17) is 21.6 Å². The van der Waals surface area contributed by atoms with Gasteiger partial charge >= 0.3 is 0 Å².